The highest BCUT2D eigenvalue weighted by molar-refractivity contribution is 6.02. The molecular weight excluding hydrogens is 254 g/mol. The zero-order chi connectivity index (χ0) is 14.8. The van der Waals surface area contributed by atoms with Crippen molar-refractivity contribution in [1.29, 1.82) is 0 Å². The van der Waals surface area contributed by atoms with Gasteiger partial charge < -0.3 is 9.84 Å². The molecule has 1 heterocycles. The van der Waals surface area contributed by atoms with Crippen LogP contribution in [0.25, 0.3) is 10.9 Å². The summed E-state index contributed by atoms with van der Waals surface area (Å²) in [6, 6.07) is 8.67. The van der Waals surface area contributed by atoms with Crippen molar-refractivity contribution < 1.29 is 14.6 Å². The Bertz CT molecular complexity index is 629. The first-order chi connectivity index (χ1) is 9.37. The minimum atomic E-state index is -0.968. The third-order valence-corrected chi connectivity index (χ3v) is 3.03. The molecule has 0 amide bonds. The van der Waals surface area contributed by atoms with Crippen LogP contribution in [0.5, 0.6) is 5.88 Å². The van der Waals surface area contributed by atoms with Crippen molar-refractivity contribution in [2.24, 2.45) is 5.41 Å². The monoisotopic (exact) mass is 273 g/mol. The highest BCUT2D eigenvalue weighted by Crippen LogP contribution is 2.23. The molecule has 0 saturated carbocycles. The van der Waals surface area contributed by atoms with Crippen LogP contribution in [0, 0.1) is 5.41 Å². The molecule has 0 radical (unpaired) electrons. The summed E-state index contributed by atoms with van der Waals surface area (Å²) in [5, 5.41) is 9.91. The molecular formula is C16H19NO3. The fourth-order valence-corrected chi connectivity index (χ4v) is 1.86. The van der Waals surface area contributed by atoms with Gasteiger partial charge in [-0.3, -0.25) is 0 Å². The average Bonchev–Trinajstić information content (AvgIpc) is 2.36. The summed E-state index contributed by atoms with van der Waals surface area (Å²) in [5.41, 5.74) is 1.03. The molecule has 0 aliphatic heterocycles. The molecule has 1 aromatic heterocycles. The van der Waals surface area contributed by atoms with Gasteiger partial charge >= 0.3 is 5.97 Å². The number of rotatable bonds is 4. The molecule has 4 heteroatoms. The van der Waals surface area contributed by atoms with Crippen molar-refractivity contribution in [2.45, 2.75) is 27.2 Å². The summed E-state index contributed by atoms with van der Waals surface area (Å²) >= 11 is 0. The van der Waals surface area contributed by atoms with Crippen molar-refractivity contribution >= 4 is 16.9 Å². The van der Waals surface area contributed by atoms with Crippen LogP contribution in [0.3, 0.4) is 0 Å². The van der Waals surface area contributed by atoms with Crippen molar-refractivity contribution in [1.82, 2.24) is 4.98 Å². The standard InChI is InChI=1S/C16H19NO3/c1-16(2,3)8-9-20-14-10-12(15(18)19)11-6-4-5-7-13(11)17-14/h4-7,10H,8-9H2,1-3H3,(H,18,19). The molecule has 0 bridgehead atoms. The Hall–Kier alpha value is -2.10. The number of ether oxygens (including phenoxy) is 1. The van der Waals surface area contributed by atoms with E-state index in [0.29, 0.717) is 23.4 Å². The normalized spacial score (nSPS) is 11.6. The maximum Gasteiger partial charge on any atom is 0.336 e. The van der Waals surface area contributed by atoms with Crippen LogP contribution in [0.2, 0.25) is 0 Å². The van der Waals surface area contributed by atoms with E-state index in [0.717, 1.165) is 6.42 Å². The van der Waals surface area contributed by atoms with E-state index in [-0.39, 0.29) is 11.0 Å². The number of aromatic nitrogens is 1. The molecule has 0 aliphatic rings. The average molecular weight is 273 g/mol. The lowest BCUT2D eigenvalue weighted by atomic mass is 9.93. The second kappa shape index (κ2) is 5.49. The van der Waals surface area contributed by atoms with E-state index in [9.17, 15) is 9.90 Å². The first kappa shape index (κ1) is 14.3. The van der Waals surface area contributed by atoms with E-state index in [2.05, 4.69) is 25.8 Å². The maximum atomic E-state index is 11.3. The number of fused-ring (bicyclic) bond motifs is 1. The quantitative estimate of drug-likeness (QED) is 0.921. The maximum absolute atomic E-state index is 11.3. The van der Waals surface area contributed by atoms with E-state index >= 15 is 0 Å². The molecule has 0 atom stereocenters. The molecule has 0 unspecified atom stereocenters. The van der Waals surface area contributed by atoms with Crippen molar-refractivity contribution in [3.63, 3.8) is 0 Å². The number of nitrogens with zero attached hydrogens (tertiary/aromatic N) is 1. The van der Waals surface area contributed by atoms with Gasteiger partial charge in [-0.05, 0) is 17.9 Å². The van der Waals surface area contributed by atoms with Crippen molar-refractivity contribution in [3.8, 4) is 5.88 Å². The number of aromatic carboxylic acids is 1. The molecule has 20 heavy (non-hydrogen) atoms. The summed E-state index contributed by atoms with van der Waals surface area (Å²) in [4.78, 5) is 15.7. The number of pyridine rings is 1. The molecule has 1 aromatic carbocycles. The highest BCUT2D eigenvalue weighted by Gasteiger charge is 2.14. The van der Waals surface area contributed by atoms with E-state index in [1.807, 2.05) is 6.07 Å². The lowest BCUT2D eigenvalue weighted by Gasteiger charge is -2.18. The summed E-state index contributed by atoms with van der Waals surface area (Å²) in [5.74, 6) is -0.602. The summed E-state index contributed by atoms with van der Waals surface area (Å²) in [6.45, 7) is 6.92. The van der Waals surface area contributed by atoms with Gasteiger partial charge in [0.2, 0.25) is 5.88 Å². The lowest BCUT2D eigenvalue weighted by Crippen LogP contribution is -2.12. The fourth-order valence-electron chi connectivity index (χ4n) is 1.86. The van der Waals surface area contributed by atoms with Crippen molar-refractivity contribution in [3.05, 3.63) is 35.9 Å². The fraction of sp³-hybridized carbons (Fsp3) is 0.375. The number of benzene rings is 1. The first-order valence-electron chi connectivity index (χ1n) is 6.63. The van der Waals surface area contributed by atoms with Gasteiger partial charge in [-0.1, -0.05) is 39.0 Å². The SMILES string of the molecule is CC(C)(C)CCOc1cc(C(=O)O)c2ccccc2n1. The number of para-hydroxylation sites is 1. The molecule has 2 rings (SSSR count). The molecule has 0 aliphatic carbocycles. The number of carboxylic acids is 1. The Morgan fingerprint density at radius 3 is 2.65 bits per heavy atom. The second-order valence-electron chi connectivity index (χ2n) is 5.99. The number of hydrogen-bond acceptors (Lipinski definition) is 3. The van der Waals surface area contributed by atoms with Crippen LogP contribution in [0.1, 0.15) is 37.6 Å². The summed E-state index contributed by atoms with van der Waals surface area (Å²) < 4.78 is 5.61. The Kier molecular flexibility index (Phi) is 3.93. The number of hydrogen-bond donors (Lipinski definition) is 1. The predicted molar refractivity (Wildman–Crippen MR) is 78.3 cm³/mol. The lowest BCUT2D eigenvalue weighted by molar-refractivity contribution is 0.0698. The third-order valence-electron chi connectivity index (χ3n) is 3.03. The zero-order valence-corrected chi connectivity index (χ0v) is 12.0. The van der Waals surface area contributed by atoms with Crippen LogP contribution in [0.4, 0.5) is 0 Å². The smallest absolute Gasteiger partial charge is 0.336 e. The molecule has 4 nitrogen and oxygen atoms in total. The topological polar surface area (TPSA) is 59.4 Å². The molecule has 0 fully saturated rings. The van der Waals surface area contributed by atoms with Gasteiger partial charge in [-0.25, -0.2) is 9.78 Å². The first-order valence-corrected chi connectivity index (χ1v) is 6.63. The minimum absolute atomic E-state index is 0.173. The van der Waals surface area contributed by atoms with Crippen LogP contribution in [0.15, 0.2) is 30.3 Å². The minimum Gasteiger partial charge on any atom is -0.478 e. The molecule has 2 aromatic rings. The molecule has 0 spiro atoms. The van der Waals surface area contributed by atoms with Crippen LogP contribution in [-0.2, 0) is 0 Å². The van der Waals surface area contributed by atoms with Gasteiger partial charge in [0.05, 0.1) is 17.7 Å². The Balaban J connectivity index is 2.28. The van der Waals surface area contributed by atoms with E-state index in [4.69, 9.17) is 4.74 Å². The van der Waals surface area contributed by atoms with Gasteiger partial charge in [-0.2, -0.15) is 0 Å². The van der Waals surface area contributed by atoms with Crippen LogP contribution >= 0.6 is 0 Å². The largest absolute Gasteiger partial charge is 0.478 e. The Morgan fingerprint density at radius 1 is 1.30 bits per heavy atom. The van der Waals surface area contributed by atoms with Gasteiger partial charge in [0.25, 0.3) is 0 Å². The van der Waals surface area contributed by atoms with Gasteiger partial charge in [0, 0.05) is 11.5 Å². The van der Waals surface area contributed by atoms with Crippen molar-refractivity contribution in [2.75, 3.05) is 6.61 Å². The van der Waals surface area contributed by atoms with E-state index < -0.39 is 5.97 Å². The predicted octanol–water partition coefficient (Wildman–Crippen LogP) is 3.75. The summed E-state index contributed by atoms with van der Waals surface area (Å²) in [6.07, 6.45) is 0.879. The summed E-state index contributed by atoms with van der Waals surface area (Å²) in [7, 11) is 0. The Morgan fingerprint density at radius 2 is 2.00 bits per heavy atom. The zero-order valence-electron chi connectivity index (χ0n) is 12.0. The number of carbonyl (C=O) groups is 1. The molecule has 106 valence electrons. The van der Waals surface area contributed by atoms with E-state index in [1.165, 1.54) is 6.07 Å². The van der Waals surface area contributed by atoms with E-state index in [1.54, 1.807) is 18.2 Å². The second-order valence-corrected chi connectivity index (χ2v) is 5.99. The third kappa shape index (κ3) is 3.47. The highest BCUT2D eigenvalue weighted by atomic mass is 16.5. The van der Waals surface area contributed by atoms with Gasteiger partial charge in [-0.15, -0.1) is 0 Å². The van der Waals surface area contributed by atoms with Crippen LogP contribution in [-0.4, -0.2) is 22.7 Å². The van der Waals surface area contributed by atoms with Gasteiger partial charge in [0.15, 0.2) is 0 Å². The Labute approximate surface area is 118 Å². The van der Waals surface area contributed by atoms with Gasteiger partial charge in [0.1, 0.15) is 0 Å². The molecule has 1 N–H and O–H groups in total. The number of carboxylic acid groups (broad SMARTS) is 1. The molecule has 0 saturated heterocycles. The van der Waals surface area contributed by atoms with Crippen LogP contribution < -0.4 is 4.74 Å².